The maximum Gasteiger partial charge on any atom is 0.241 e. The summed E-state index contributed by atoms with van der Waals surface area (Å²) in [6.45, 7) is 1.94. The molecule has 6 heteroatoms. The number of nitrogens with zero attached hydrogens (tertiary/aromatic N) is 3. The van der Waals surface area contributed by atoms with Crippen molar-refractivity contribution >= 4 is 23.5 Å². The zero-order valence-electron chi connectivity index (χ0n) is 9.86. The first-order chi connectivity index (χ1) is 8.05. The molecule has 0 bridgehead atoms. The Labute approximate surface area is 104 Å². The van der Waals surface area contributed by atoms with Crippen molar-refractivity contribution < 1.29 is 4.79 Å². The van der Waals surface area contributed by atoms with Gasteiger partial charge in [0.25, 0.3) is 0 Å². The molecule has 0 aromatic carbocycles. The predicted octanol–water partition coefficient (Wildman–Crippen LogP) is 1.52. The number of anilines is 1. The molecule has 1 atom stereocenters. The standard InChI is InChI=1S/C11H14N4OS/c1-11(4-3-5-17-11)10(16)13-9-8(6-12)7-15(2)14-9/h7H,3-5H2,1-2H3,(H,13,14,16). The van der Waals surface area contributed by atoms with Crippen LogP contribution in [0.4, 0.5) is 5.82 Å². The largest absolute Gasteiger partial charge is 0.307 e. The minimum atomic E-state index is -0.385. The Bertz CT molecular complexity index is 482. The van der Waals surface area contributed by atoms with Gasteiger partial charge in [-0.15, -0.1) is 11.8 Å². The molecular weight excluding hydrogens is 236 g/mol. The number of nitrogens with one attached hydrogen (secondary N) is 1. The maximum absolute atomic E-state index is 12.1. The first-order valence-electron chi connectivity index (χ1n) is 5.44. The molecule has 1 aliphatic heterocycles. The van der Waals surface area contributed by atoms with E-state index in [0.717, 1.165) is 18.6 Å². The molecular formula is C11H14N4OS. The van der Waals surface area contributed by atoms with Crippen LogP contribution in [0, 0.1) is 11.3 Å². The van der Waals surface area contributed by atoms with E-state index in [0.29, 0.717) is 11.4 Å². The van der Waals surface area contributed by atoms with Crippen LogP contribution in [0.15, 0.2) is 6.20 Å². The number of aryl methyl sites for hydroxylation is 1. The van der Waals surface area contributed by atoms with Gasteiger partial charge in [-0.2, -0.15) is 10.4 Å². The van der Waals surface area contributed by atoms with E-state index in [1.165, 1.54) is 4.68 Å². The summed E-state index contributed by atoms with van der Waals surface area (Å²) in [6.07, 6.45) is 3.53. The third-order valence-corrected chi connectivity index (χ3v) is 4.40. The molecule has 1 fully saturated rings. The van der Waals surface area contributed by atoms with E-state index in [1.54, 1.807) is 25.0 Å². The molecule has 90 valence electrons. The van der Waals surface area contributed by atoms with Crippen molar-refractivity contribution in [2.24, 2.45) is 7.05 Å². The van der Waals surface area contributed by atoms with Crippen LogP contribution in [0.2, 0.25) is 0 Å². The zero-order valence-corrected chi connectivity index (χ0v) is 10.7. The van der Waals surface area contributed by atoms with Crippen LogP contribution in [0.3, 0.4) is 0 Å². The van der Waals surface area contributed by atoms with E-state index < -0.39 is 0 Å². The highest BCUT2D eigenvalue weighted by Gasteiger charge is 2.37. The summed E-state index contributed by atoms with van der Waals surface area (Å²) < 4.78 is 1.14. The lowest BCUT2D eigenvalue weighted by Gasteiger charge is -2.20. The van der Waals surface area contributed by atoms with Gasteiger partial charge in [0, 0.05) is 13.2 Å². The topological polar surface area (TPSA) is 70.7 Å². The monoisotopic (exact) mass is 250 g/mol. The van der Waals surface area contributed by atoms with Crippen molar-refractivity contribution in [1.82, 2.24) is 9.78 Å². The van der Waals surface area contributed by atoms with Gasteiger partial charge in [0.2, 0.25) is 5.91 Å². The third-order valence-electron chi connectivity index (χ3n) is 2.88. The molecule has 0 radical (unpaired) electrons. The summed E-state index contributed by atoms with van der Waals surface area (Å²) in [5.41, 5.74) is 0.396. The van der Waals surface area contributed by atoms with E-state index in [1.807, 2.05) is 13.0 Å². The lowest BCUT2D eigenvalue weighted by atomic mass is 10.1. The smallest absolute Gasteiger partial charge is 0.241 e. The number of rotatable bonds is 2. The summed E-state index contributed by atoms with van der Waals surface area (Å²) in [7, 11) is 1.72. The summed E-state index contributed by atoms with van der Waals surface area (Å²) >= 11 is 1.66. The molecule has 1 unspecified atom stereocenters. The van der Waals surface area contributed by atoms with Gasteiger partial charge >= 0.3 is 0 Å². The average Bonchev–Trinajstić information content (AvgIpc) is 2.86. The van der Waals surface area contributed by atoms with Gasteiger partial charge in [0.15, 0.2) is 5.82 Å². The van der Waals surface area contributed by atoms with E-state index in [2.05, 4.69) is 10.4 Å². The molecule has 0 aliphatic carbocycles. The molecule has 0 saturated carbocycles. The summed E-state index contributed by atoms with van der Waals surface area (Å²) in [5.74, 6) is 1.31. The first-order valence-corrected chi connectivity index (χ1v) is 6.43. The number of thioether (sulfide) groups is 1. The van der Waals surface area contributed by atoms with Crippen LogP contribution in [0.25, 0.3) is 0 Å². The molecule has 1 aromatic rings. The molecule has 5 nitrogen and oxygen atoms in total. The molecule has 2 heterocycles. The third kappa shape index (κ3) is 2.29. The molecule has 17 heavy (non-hydrogen) atoms. The van der Waals surface area contributed by atoms with Gasteiger partial charge in [0.05, 0.1) is 4.75 Å². The number of hydrogen-bond donors (Lipinski definition) is 1. The maximum atomic E-state index is 12.1. The average molecular weight is 250 g/mol. The molecule has 1 aliphatic rings. The minimum Gasteiger partial charge on any atom is -0.307 e. The van der Waals surface area contributed by atoms with Crippen LogP contribution >= 0.6 is 11.8 Å². The van der Waals surface area contributed by atoms with Gasteiger partial charge in [-0.25, -0.2) is 0 Å². The Morgan fingerprint density at radius 2 is 2.53 bits per heavy atom. The van der Waals surface area contributed by atoms with E-state index >= 15 is 0 Å². The number of hydrogen-bond acceptors (Lipinski definition) is 4. The van der Waals surface area contributed by atoms with Gasteiger partial charge in [0.1, 0.15) is 11.6 Å². The van der Waals surface area contributed by atoms with Gasteiger partial charge in [-0.05, 0) is 25.5 Å². The SMILES string of the molecule is Cn1cc(C#N)c(NC(=O)C2(C)CCCS2)n1. The summed E-state index contributed by atoms with van der Waals surface area (Å²) in [6, 6.07) is 2.02. The highest BCUT2D eigenvalue weighted by molar-refractivity contribution is 8.01. The van der Waals surface area contributed by atoms with Crippen molar-refractivity contribution in [3.05, 3.63) is 11.8 Å². The van der Waals surface area contributed by atoms with Crippen LogP contribution in [0.1, 0.15) is 25.3 Å². The highest BCUT2D eigenvalue weighted by Crippen LogP contribution is 2.38. The van der Waals surface area contributed by atoms with Crippen molar-refractivity contribution in [3.63, 3.8) is 0 Å². The van der Waals surface area contributed by atoms with E-state index in [9.17, 15) is 4.79 Å². The molecule has 1 N–H and O–H groups in total. The normalized spacial score (nSPS) is 23.4. The predicted molar refractivity (Wildman–Crippen MR) is 66.6 cm³/mol. The number of amides is 1. The van der Waals surface area contributed by atoms with Gasteiger partial charge in [-0.3, -0.25) is 9.48 Å². The second kappa shape index (κ2) is 4.41. The second-order valence-corrected chi connectivity index (χ2v) is 5.91. The fraction of sp³-hybridized carbons (Fsp3) is 0.545. The lowest BCUT2D eigenvalue weighted by Crippen LogP contribution is -2.35. The van der Waals surface area contributed by atoms with Crippen LogP contribution in [-0.2, 0) is 11.8 Å². The lowest BCUT2D eigenvalue weighted by molar-refractivity contribution is -0.118. The van der Waals surface area contributed by atoms with Crippen LogP contribution in [0.5, 0.6) is 0 Å². The Kier molecular flexibility index (Phi) is 3.11. The summed E-state index contributed by atoms with van der Waals surface area (Å²) in [5, 5.41) is 15.7. The summed E-state index contributed by atoms with van der Waals surface area (Å²) in [4.78, 5) is 12.1. The fourth-order valence-electron chi connectivity index (χ4n) is 1.86. The number of nitriles is 1. The first kappa shape index (κ1) is 12.0. The van der Waals surface area contributed by atoms with Crippen molar-refractivity contribution in [2.75, 3.05) is 11.1 Å². The Hall–Kier alpha value is -1.48. The second-order valence-electron chi connectivity index (χ2n) is 4.31. The molecule has 2 rings (SSSR count). The van der Waals surface area contributed by atoms with Crippen LogP contribution in [-0.4, -0.2) is 26.2 Å². The number of carbonyl (C=O) groups excluding carboxylic acids is 1. The molecule has 1 amide bonds. The minimum absolute atomic E-state index is 0.0600. The van der Waals surface area contributed by atoms with Gasteiger partial charge in [-0.1, -0.05) is 0 Å². The Morgan fingerprint density at radius 3 is 3.12 bits per heavy atom. The molecule has 0 spiro atoms. The van der Waals surface area contributed by atoms with E-state index in [-0.39, 0.29) is 10.7 Å². The van der Waals surface area contributed by atoms with Crippen LogP contribution < -0.4 is 5.32 Å². The van der Waals surface area contributed by atoms with Crippen molar-refractivity contribution in [3.8, 4) is 6.07 Å². The quantitative estimate of drug-likeness (QED) is 0.863. The molecule has 1 aromatic heterocycles. The molecule has 1 saturated heterocycles. The Balaban J connectivity index is 2.15. The number of aromatic nitrogens is 2. The zero-order chi connectivity index (χ0) is 12.5. The van der Waals surface area contributed by atoms with E-state index in [4.69, 9.17) is 5.26 Å². The van der Waals surface area contributed by atoms with Crippen molar-refractivity contribution in [1.29, 1.82) is 5.26 Å². The number of carbonyl (C=O) groups is 1. The van der Waals surface area contributed by atoms with Crippen molar-refractivity contribution in [2.45, 2.75) is 24.5 Å². The van der Waals surface area contributed by atoms with Gasteiger partial charge < -0.3 is 5.32 Å². The fourth-order valence-corrected chi connectivity index (χ4v) is 3.07. The Morgan fingerprint density at radius 1 is 1.76 bits per heavy atom. The highest BCUT2D eigenvalue weighted by atomic mass is 32.2.